The van der Waals surface area contributed by atoms with Crippen molar-refractivity contribution in [2.45, 2.75) is 50.4 Å². The van der Waals surface area contributed by atoms with E-state index in [4.69, 9.17) is 4.74 Å². The molecule has 1 heterocycles. The van der Waals surface area contributed by atoms with Gasteiger partial charge in [-0.05, 0) is 37.8 Å². The summed E-state index contributed by atoms with van der Waals surface area (Å²) in [7, 11) is 0. The van der Waals surface area contributed by atoms with E-state index in [1.54, 1.807) is 24.3 Å². The number of benzene rings is 1. The largest absolute Gasteiger partial charge is 0.490 e. The van der Waals surface area contributed by atoms with Crippen LogP contribution in [0.2, 0.25) is 0 Å². The third kappa shape index (κ3) is 6.76. The summed E-state index contributed by atoms with van der Waals surface area (Å²) in [4.78, 5) is 14.0. The van der Waals surface area contributed by atoms with Crippen molar-refractivity contribution in [1.82, 2.24) is 15.5 Å². The number of carbonyl (C=O) groups is 1. The molecule has 29 heavy (non-hydrogen) atoms. The molecule has 5 nitrogen and oxygen atoms in total. The van der Waals surface area contributed by atoms with Gasteiger partial charge in [0.25, 0.3) is 5.91 Å². The molecule has 1 amide bonds. The molecule has 1 aliphatic carbocycles. The third-order valence-corrected chi connectivity index (χ3v) is 5.40. The lowest BCUT2D eigenvalue weighted by molar-refractivity contribution is -0.183. The Labute approximate surface area is 175 Å². The summed E-state index contributed by atoms with van der Waals surface area (Å²) in [6, 6.07) is 5.08. The van der Waals surface area contributed by atoms with Crippen LogP contribution in [0.1, 0.15) is 42.5 Å². The Kier molecular flexibility index (Phi) is 9.04. The van der Waals surface area contributed by atoms with E-state index in [0.717, 1.165) is 25.7 Å². The van der Waals surface area contributed by atoms with E-state index in [1.807, 2.05) is 0 Å². The van der Waals surface area contributed by atoms with Crippen LogP contribution in [0.3, 0.4) is 0 Å². The minimum Gasteiger partial charge on any atom is -0.490 e. The first-order valence-electron chi connectivity index (χ1n) is 10.0. The highest BCUT2D eigenvalue weighted by Crippen LogP contribution is 2.27. The SMILES string of the molecule is Cl.O=C(NCC(N1CCNCC1)C(F)(F)F)c1ccccc1OC1CCCCC1. The van der Waals surface area contributed by atoms with E-state index in [1.165, 1.54) is 11.3 Å². The molecule has 2 N–H and O–H groups in total. The highest BCUT2D eigenvalue weighted by atomic mass is 35.5. The summed E-state index contributed by atoms with van der Waals surface area (Å²) >= 11 is 0. The number of carbonyl (C=O) groups excluding carboxylic acids is 1. The summed E-state index contributed by atoms with van der Waals surface area (Å²) in [6.07, 6.45) is 0.916. The van der Waals surface area contributed by atoms with Crippen molar-refractivity contribution >= 4 is 18.3 Å². The molecule has 1 aromatic carbocycles. The Morgan fingerprint density at radius 2 is 1.83 bits per heavy atom. The number of para-hydroxylation sites is 1. The lowest BCUT2D eigenvalue weighted by Crippen LogP contribution is -2.57. The van der Waals surface area contributed by atoms with Gasteiger partial charge in [-0.1, -0.05) is 18.6 Å². The molecule has 0 radical (unpaired) electrons. The number of piperazine rings is 1. The van der Waals surface area contributed by atoms with Crippen LogP contribution in [0, 0.1) is 0 Å². The van der Waals surface area contributed by atoms with Gasteiger partial charge in [0.15, 0.2) is 0 Å². The van der Waals surface area contributed by atoms with Gasteiger partial charge in [0.05, 0.1) is 11.7 Å². The number of nitrogens with one attached hydrogen (secondary N) is 2. The molecule has 0 spiro atoms. The zero-order chi connectivity index (χ0) is 20.0. The standard InChI is InChI=1S/C20H28F3N3O2.ClH/c21-20(22,23)18(26-12-10-24-11-13-26)14-25-19(27)16-8-4-5-9-17(16)28-15-6-2-1-3-7-15;/h4-5,8-9,15,18,24H,1-3,6-7,10-14H2,(H,25,27);1H. The first-order chi connectivity index (χ1) is 13.4. The van der Waals surface area contributed by atoms with E-state index in [-0.39, 0.29) is 24.1 Å². The first-order valence-corrected chi connectivity index (χ1v) is 10.0. The van der Waals surface area contributed by atoms with Crippen molar-refractivity contribution in [3.05, 3.63) is 29.8 Å². The lowest BCUT2D eigenvalue weighted by Gasteiger charge is -2.36. The minimum absolute atomic E-state index is 0. The normalized spacial score (nSPS) is 19.8. The van der Waals surface area contributed by atoms with Gasteiger partial charge in [0.2, 0.25) is 0 Å². The van der Waals surface area contributed by atoms with Gasteiger partial charge in [-0.15, -0.1) is 12.4 Å². The quantitative estimate of drug-likeness (QED) is 0.719. The minimum atomic E-state index is -4.40. The van der Waals surface area contributed by atoms with Crippen LogP contribution in [0.4, 0.5) is 13.2 Å². The monoisotopic (exact) mass is 435 g/mol. The predicted molar refractivity (Wildman–Crippen MR) is 108 cm³/mol. The van der Waals surface area contributed by atoms with Crippen LogP contribution in [-0.4, -0.2) is 61.9 Å². The van der Waals surface area contributed by atoms with Gasteiger partial charge >= 0.3 is 6.18 Å². The molecule has 3 rings (SSSR count). The summed E-state index contributed by atoms with van der Waals surface area (Å²) < 4.78 is 46.5. The molecular formula is C20H29ClF3N3O2. The van der Waals surface area contributed by atoms with Crippen LogP contribution >= 0.6 is 12.4 Å². The zero-order valence-corrected chi connectivity index (χ0v) is 17.2. The second-order valence-corrected chi connectivity index (χ2v) is 7.43. The molecule has 2 fully saturated rings. The Bertz CT molecular complexity index is 648. The van der Waals surface area contributed by atoms with Crippen molar-refractivity contribution < 1.29 is 22.7 Å². The molecule has 1 aliphatic heterocycles. The lowest BCUT2D eigenvalue weighted by atomic mass is 9.97. The Hall–Kier alpha value is -1.51. The Morgan fingerprint density at radius 1 is 1.17 bits per heavy atom. The maximum absolute atomic E-state index is 13.5. The fourth-order valence-corrected chi connectivity index (χ4v) is 3.85. The number of ether oxygens (including phenoxy) is 1. The maximum atomic E-state index is 13.5. The van der Waals surface area contributed by atoms with Gasteiger partial charge < -0.3 is 15.4 Å². The average molecular weight is 436 g/mol. The van der Waals surface area contributed by atoms with E-state index in [0.29, 0.717) is 31.9 Å². The summed E-state index contributed by atoms with van der Waals surface area (Å²) in [5.74, 6) is -0.0894. The highest BCUT2D eigenvalue weighted by Gasteiger charge is 2.43. The molecule has 0 aromatic heterocycles. The molecule has 0 bridgehead atoms. The molecule has 1 saturated heterocycles. The molecule has 1 saturated carbocycles. The number of rotatable bonds is 6. The topological polar surface area (TPSA) is 53.6 Å². The van der Waals surface area contributed by atoms with E-state index < -0.39 is 24.7 Å². The van der Waals surface area contributed by atoms with Crippen molar-refractivity contribution in [2.75, 3.05) is 32.7 Å². The summed E-state index contributed by atoms with van der Waals surface area (Å²) in [5, 5.41) is 5.52. The van der Waals surface area contributed by atoms with Crippen LogP contribution in [0.15, 0.2) is 24.3 Å². The van der Waals surface area contributed by atoms with Crippen LogP contribution in [0.25, 0.3) is 0 Å². The number of nitrogens with zero attached hydrogens (tertiary/aromatic N) is 1. The predicted octanol–water partition coefficient (Wildman–Crippen LogP) is 3.39. The fraction of sp³-hybridized carbons (Fsp3) is 0.650. The Balaban J connectivity index is 0.00000300. The van der Waals surface area contributed by atoms with Gasteiger partial charge in [0, 0.05) is 32.7 Å². The number of hydrogen-bond acceptors (Lipinski definition) is 4. The molecule has 2 aliphatic rings. The summed E-state index contributed by atoms with van der Waals surface area (Å²) in [6.45, 7) is 1.17. The number of alkyl halides is 3. The zero-order valence-electron chi connectivity index (χ0n) is 16.3. The molecule has 1 unspecified atom stereocenters. The van der Waals surface area contributed by atoms with Crippen molar-refractivity contribution in [3.8, 4) is 5.75 Å². The average Bonchev–Trinajstić information content (AvgIpc) is 2.69. The van der Waals surface area contributed by atoms with Crippen molar-refractivity contribution in [1.29, 1.82) is 0 Å². The first kappa shape index (κ1) is 23.8. The van der Waals surface area contributed by atoms with Gasteiger partial charge in [-0.25, -0.2) is 0 Å². The van der Waals surface area contributed by atoms with Gasteiger partial charge in [0.1, 0.15) is 11.8 Å². The molecule has 164 valence electrons. The second kappa shape index (κ2) is 11.0. The summed E-state index contributed by atoms with van der Waals surface area (Å²) in [5.41, 5.74) is 0.286. The molecule has 1 atom stereocenters. The molecule has 9 heteroatoms. The Morgan fingerprint density at radius 3 is 2.48 bits per heavy atom. The number of halogens is 4. The van der Waals surface area contributed by atoms with Crippen LogP contribution < -0.4 is 15.4 Å². The van der Waals surface area contributed by atoms with Crippen molar-refractivity contribution in [3.63, 3.8) is 0 Å². The van der Waals surface area contributed by atoms with E-state index >= 15 is 0 Å². The molecular weight excluding hydrogens is 407 g/mol. The third-order valence-electron chi connectivity index (χ3n) is 5.40. The fourth-order valence-electron chi connectivity index (χ4n) is 3.85. The van der Waals surface area contributed by atoms with E-state index in [9.17, 15) is 18.0 Å². The van der Waals surface area contributed by atoms with E-state index in [2.05, 4.69) is 10.6 Å². The second-order valence-electron chi connectivity index (χ2n) is 7.43. The smallest absolute Gasteiger partial charge is 0.405 e. The number of amides is 1. The highest BCUT2D eigenvalue weighted by molar-refractivity contribution is 5.96. The number of hydrogen-bond donors (Lipinski definition) is 2. The van der Waals surface area contributed by atoms with Gasteiger partial charge in [-0.3, -0.25) is 9.69 Å². The van der Waals surface area contributed by atoms with Crippen LogP contribution in [-0.2, 0) is 0 Å². The maximum Gasteiger partial charge on any atom is 0.405 e. The van der Waals surface area contributed by atoms with Gasteiger partial charge in [-0.2, -0.15) is 13.2 Å². The van der Waals surface area contributed by atoms with Crippen molar-refractivity contribution in [2.24, 2.45) is 0 Å². The molecule has 1 aromatic rings. The van der Waals surface area contributed by atoms with Crippen LogP contribution in [0.5, 0.6) is 5.75 Å².